The number of amides is 1. The summed E-state index contributed by atoms with van der Waals surface area (Å²) in [4.78, 5) is 22.9. The van der Waals surface area contributed by atoms with Crippen LogP contribution in [-0.2, 0) is 11.3 Å². The number of aromatic nitrogens is 3. The van der Waals surface area contributed by atoms with E-state index in [4.69, 9.17) is 0 Å². The van der Waals surface area contributed by atoms with E-state index in [9.17, 15) is 4.79 Å². The predicted octanol–water partition coefficient (Wildman–Crippen LogP) is 2.42. The lowest BCUT2D eigenvalue weighted by Crippen LogP contribution is -2.30. The zero-order valence-corrected chi connectivity index (χ0v) is 14.2. The molecule has 0 aliphatic carbocycles. The van der Waals surface area contributed by atoms with Gasteiger partial charge < -0.3 is 5.32 Å². The number of aryl methyl sites for hydroxylation is 2. The van der Waals surface area contributed by atoms with Gasteiger partial charge in [-0.1, -0.05) is 18.2 Å². The number of para-hydroxylation sites is 1. The Hall–Kier alpha value is -2.73. The van der Waals surface area contributed by atoms with Gasteiger partial charge in [0.25, 0.3) is 0 Å². The number of carbonyl (C=O) groups is 1. The first kappa shape index (κ1) is 16.1. The number of hydrogen-bond donors (Lipinski definition) is 1. The largest absolute Gasteiger partial charge is 0.325 e. The zero-order valence-electron chi connectivity index (χ0n) is 14.2. The molecule has 3 rings (SSSR count). The summed E-state index contributed by atoms with van der Waals surface area (Å²) in [5, 5.41) is 2.89. The molecule has 0 saturated heterocycles. The molecular weight excluding hydrogens is 302 g/mol. The molecule has 6 heteroatoms. The summed E-state index contributed by atoms with van der Waals surface area (Å²) >= 11 is 0. The highest BCUT2D eigenvalue weighted by Gasteiger charge is 2.12. The number of imidazole rings is 1. The second-order valence-electron chi connectivity index (χ2n) is 6.01. The molecule has 0 aliphatic rings. The standard InChI is InChI=1S/C18H21N5O/c1-13-9-14(2)23-16(10-19-18(23)20-13)11-22(3)12-17(24)21-15-7-5-4-6-8-15/h4-10H,11-12H2,1-3H3,(H,21,24). The zero-order chi connectivity index (χ0) is 17.1. The summed E-state index contributed by atoms with van der Waals surface area (Å²) in [6.07, 6.45) is 1.82. The number of nitrogens with one attached hydrogen (secondary N) is 1. The molecule has 0 aliphatic heterocycles. The monoisotopic (exact) mass is 323 g/mol. The summed E-state index contributed by atoms with van der Waals surface area (Å²) in [6.45, 7) is 4.92. The molecule has 24 heavy (non-hydrogen) atoms. The van der Waals surface area contributed by atoms with Crippen LogP contribution in [0, 0.1) is 13.8 Å². The van der Waals surface area contributed by atoms with Gasteiger partial charge in [0.2, 0.25) is 11.7 Å². The molecule has 1 N–H and O–H groups in total. The SMILES string of the molecule is Cc1cc(C)n2c(CN(C)CC(=O)Nc3ccccc3)cnc2n1. The molecule has 0 atom stereocenters. The van der Waals surface area contributed by atoms with Gasteiger partial charge in [-0.25, -0.2) is 9.97 Å². The van der Waals surface area contributed by atoms with Gasteiger partial charge >= 0.3 is 0 Å². The van der Waals surface area contributed by atoms with Crippen LogP contribution in [0.15, 0.2) is 42.6 Å². The highest BCUT2D eigenvalue weighted by atomic mass is 16.2. The molecule has 1 amide bonds. The van der Waals surface area contributed by atoms with Crippen LogP contribution in [0.25, 0.3) is 5.78 Å². The molecule has 2 aromatic heterocycles. The summed E-state index contributed by atoms with van der Waals surface area (Å²) in [6, 6.07) is 11.5. The smallest absolute Gasteiger partial charge is 0.238 e. The third kappa shape index (κ3) is 3.60. The van der Waals surface area contributed by atoms with Crippen molar-refractivity contribution in [1.29, 1.82) is 0 Å². The first-order valence-corrected chi connectivity index (χ1v) is 7.87. The van der Waals surface area contributed by atoms with Gasteiger partial charge in [-0.2, -0.15) is 0 Å². The third-order valence-corrected chi connectivity index (χ3v) is 3.77. The lowest BCUT2D eigenvalue weighted by atomic mass is 10.3. The number of carbonyl (C=O) groups excluding carboxylic acids is 1. The fourth-order valence-corrected chi connectivity index (χ4v) is 2.81. The number of nitrogens with zero attached hydrogens (tertiary/aromatic N) is 4. The van der Waals surface area contributed by atoms with E-state index in [-0.39, 0.29) is 5.91 Å². The van der Waals surface area contributed by atoms with Gasteiger partial charge in [0.05, 0.1) is 18.4 Å². The van der Waals surface area contributed by atoms with Crippen molar-refractivity contribution in [3.63, 3.8) is 0 Å². The van der Waals surface area contributed by atoms with Crippen molar-refractivity contribution >= 4 is 17.4 Å². The molecule has 3 aromatic rings. The van der Waals surface area contributed by atoms with Crippen LogP contribution in [0.1, 0.15) is 17.1 Å². The van der Waals surface area contributed by atoms with Crippen LogP contribution in [0.4, 0.5) is 5.69 Å². The van der Waals surface area contributed by atoms with Crippen molar-refractivity contribution in [2.24, 2.45) is 0 Å². The molecule has 0 saturated carbocycles. The number of fused-ring (bicyclic) bond motifs is 1. The minimum atomic E-state index is -0.0387. The molecule has 0 radical (unpaired) electrons. The lowest BCUT2D eigenvalue weighted by Gasteiger charge is -2.16. The fraction of sp³-hybridized carbons (Fsp3) is 0.278. The maximum atomic E-state index is 12.1. The van der Waals surface area contributed by atoms with Crippen LogP contribution >= 0.6 is 0 Å². The van der Waals surface area contributed by atoms with E-state index in [1.807, 2.05) is 72.8 Å². The average molecular weight is 323 g/mol. The van der Waals surface area contributed by atoms with Crippen LogP contribution in [0.2, 0.25) is 0 Å². The van der Waals surface area contributed by atoms with Crippen LogP contribution < -0.4 is 5.32 Å². The average Bonchev–Trinajstić information content (AvgIpc) is 2.90. The summed E-state index contributed by atoms with van der Waals surface area (Å²) in [5.74, 6) is 0.660. The molecule has 2 heterocycles. The van der Waals surface area contributed by atoms with E-state index in [0.717, 1.165) is 22.8 Å². The Labute approximate surface area is 141 Å². The van der Waals surface area contributed by atoms with E-state index in [1.165, 1.54) is 0 Å². The van der Waals surface area contributed by atoms with Crippen molar-refractivity contribution in [1.82, 2.24) is 19.3 Å². The van der Waals surface area contributed by atoms with Gasteiger partial charge in [0.15, 0.2) is 0 Å². The Balaban J connectivity index is 1.67. The number of rotatable bonds is 5. The Morgan fingerprint density at radius 3 is 2.75 bits per heavy atom. The van der Waals surface area contributed by atoms with Crippen molar-refractivity contribution in [3.05, 3.63) is 59.7 Å². The van der Waals surface area contributed by atoms with Crippen LogP contribution in [0.3, 0.4) is 0 Å². The van der Waals surface area contributed by atoms with E-state index in [1.54, 1.807) is 0 Å². The Morgan fingerprint density at radius 1 is 1.25 bits per heavy atom. The maximum absolute atomic E-state index is 12.1. The normalized spacial score (nSPS) is 11.2. The molecule has 0 spiro atoms. The molecule has 0 bridgehead atoms. The number of anilines is 1. The molecule has 124 valence electrons. The fourth-order valence-electron chi connectivity index (χ4n) is 2.81. The summed E-state index contributed by atoms with van der Waals surface area (Å²) < 4.78 is 2.03. The quantitative estimate of drug-likeness (QED) is 0.783. The topological polar surface area (TPSA) is 62.5 Å². The lowest BCUT2D eigenvalue weighted by molar-refractivity contribution is -0.117. The minimum Gasteiger partial charge on any atom is -0.325 e. The van der Waals surface area contributed by atoms with Crippen molar-refractivity contribution in [3.8, 4) is 0 Å². The minimum absolute atomic E-state index is 0.0387. The molecule has 0 fully saturated rings. The molecular formula is C18H21N5O. The second-order valence-corrected chi connectivity index (χ2v) is 6.01. The Kier molecular flexibility index (Phi) is 4.57. The predicted molar refractivity (Wildman–Crippen MR) is 93.9 cm³/mol. The van der Waals surface area contributed by atoms with Crippen LogP contribution in [-0.4, -0.2) is 38.8 Å². The highest BCUT2D eigenvalue weighted by molar-refractivity contribution is 5.92. The van der Waals surface area contributed by atoms with Gasteiger partial charge in [-0.15, -0.1) is 0 Å². The van der Waals surface area contributed by atoms with Gasteiger partial charge in [0, 0.05) is 23.6 Å². The van der Waals surface area contributed by atoms with Gasteiger partial charge in [-0.05, 0) is 39.1 Å². The number of likely N-dealkylation sites (N-methyl/N-ethyl adjacent to an activating group) is 1. The summed E-state index contributed by atoms with van der Waals surface area (Å²) in [5.41, 5.74) is 3.87. The van der Waals surface area contributed by atoms with E-state index in [0.29, 0.717) is 18.9 Å². The first-order valence-electron chi connectivity index (χ1n) is 7.87. The highest BCUT2D eigenvalue weighted by Crippen LogP contribution is 2.12. The maximum Gasteiger partial charge on any atom is 0.238 e. The van der Waals surface area contributed by atoms with E-state index < -0.39 is 0 Å². The molecule has 1 aromatic carbocycles. The van der Waals surface area contributed by atoms with Gasteiger partial charge in [-0.3, -0.25) is 14.1 Å². The first-order chi connectivity index (χ1) is 11.5. The van der Waals surface area contributed by atoms with Crippen molar-refractivity contribution in [2.75, 3.05) is 18.9 Å². The third-order valence-electron chi connectivity index (χ3n) is 3.77. The molecule has 0 unspecified atom stereocenters. The number of hydrogen-bond acceptors (Lipinski definition) is 4. The van der Waals surface area contributed by atoms with Gasteiger partial charge in [0.1, 0.15) is 0 Å². The van der Waals surface area contributed by atoms with E-state index in [2.05, 4.69) is 15.3 Å². The number of benzene rings is 1. The second kappa shape index (κ2) is 6.80. The summed E-state index contributed by atoms with van der Waals surface area (Å²) in [7, 11) is 1.92. The Morgan fingerprint density at radius 2 is 2.00 bits per heavy atom. The van der Waals surface area contributed by atoms with Crippen molar-refractivity contribution < 1.29 is 4.79 Å². The molecule has 6 nitrogen and oxygen atoms in total. The van der Waals surface area contributed by atoms with Crippen molar-refractivity contribution in [2.45, 2.75) is 20.4 Å². The Bertz CT molecular complexity index is 856. The van der Waals surface area contributed by atoms with E-state index >= 15 is 0 Å². The van der Waals surface area contributed by atoms with Crippen LogP contribution in [0.5, 0.6) is 0 Å².